The third-order valence-corrected chi connectivity index (χ3v) is 5.08. The molecule has 0 atom stereocenters. The number of rotatable bonds is 5. The average Bonchev–Trinajstić information content (AvgIpc) is 3.23. The van der Waals surface area contributed by atoms with E-state index in [2.05, 4.69) is 10.3 Å². The number of aromatic nitrogens is 1. The molecule has 120 valence electrons. The highest BCUT2D eigenvalue weighted by Gasteiger charge is 2.17. The van der Waals surface area contributed by atoms with Crippen LogP contribution in [0.1, 0.15) is 21.5 Å². The van der Waals surface area contributed by atoms with Gasteiger partial charge in [0.15, 0.2) is 10.9 Å². The summed E-state index contributed by atoms with van der Waals surface area (Å²) in [4.78, 5) is 29.8. The van der Waals surface area contributed by atoms with Crippen LogP contribution in [-0.4, -0.2) is 16.7 Å². The fourth-order valence-electron chi connectivity index (χ4n) is 2.09. The zero-order valence-corrected chi connectivity index (χ0v) is 14.5. The van der Waals surface area contributed by atoms with E-state index < -0.39 is 0 Å². The van der Waals surface area contributed by atoms with Gasteiger partial charge < -0.3 is 0 Å². The van der Waals surface area contributed by atoms with Crippen molar-refractivity contribution in [3.8, 4) is 11.3 Å². The lowest BCUT2D eigenvalue weighted by atomic mass is 10.1. The fraction of sp³-hybridized carbons (Fsp3) is 0.0556. The van der Waals surface area contributed by atoms with E-state index in [9.17, 15) is 9.59 Å². The first-order valence-corrected chi connectivity index (χ1v) is 8.93. The van der Waals surface area contributed by atoms with Crippen molar-refractivity contribution in [1.82, 2.24) is 4.98 Å². The molecule has 0 unspecified atom stereocenters. The highest BCUT2D eigenvalue weighted by molar-refractivity contribution is 7.18. The van der Waals surface area contributed by atoms with E-state index in [0.29, 0.717) is 15.7 Å². The van der Waals surface area contributed by atoms with Gasteiger partial charge in [-0.25, -0.2) is 4.98 Å². The number of amides is 1. The van der Waals surface area contributed by atoms with Gasteiger partial charge in [-0.1, -0.05) is 47.7 Å². The zero-order valence-electron chi connectivity index (χ0n) is 12.9. The minimum atomic E-state index is -0.271. The molecule has 1 N–H and O–H groups in total. The van der Waals surface area contributed by atoms with Crippen LogP contribution in [0.5, 0.6) is 0 Å². The molecule has 1 aromatic carbocycles. The molecule has 0 radical (unpaired) electrons. The van der Waals surface area contributed by atoms with Crippen LogP contribution in [-0.2, 0) is 4.79 Å². The van der Waals surface area contributed by atoms with E-state index in [4.69, 9.17) is 0 Å². The molecular formula is C18H14N2O2S2. The Labute approximate surface area is 147 Å². The third kappa shape index (κ3) is 3.84. The maximum Gasteiger partial charge on any atom is 0.250 e. The van der Waals surface area contributed by atoms with Gasteiger partial charge in [-0.15, -0.1) is 11.3 Å². The van der Waals surface area contributed by atoms with Crippen molar-refractivity contribution in [3.05, 3.63) is 63.7 Å². The molecule has 2 aromatic heterocycles. The van der Waals surface area contributed by atoms with E-state index in [1.165, 1.54) is 24.3 Å². The molecular weight excluding hydrogens is 340 g/mol. The molecule has 2 heterocycles. The summed E-state index contributed by atoms with van der Waals surface area (Å²) in [5, 5.41) is 5.09. The molecule has 0 saturated carbocycles. The van der Waals surface area contributed by atoms with Crippen molar-refractivity contribution in [2.45, 2.75) is 6.92 Å². The number of hydrogen-bond acceptors (Lipinski definition) is 5. The summed E-state index contributed by atoms with van der Waals surface area (Å²) in [6.07, 6.45) is 3.21. The second-order valence-corrected chi connectivity index (χ2v) is 6.94. The lowest BCUT2D eigenvalue weighted by Crippen LogP contribution is -2.07. The number of thiazole rings is 1. The van der Waals surface area contributed by atoms with Gasteiger partial charge in [0, 0.05) is 23.4 Å². The van der Waals surface area contributed by atoms with Crippen LogP contribution < -0.4 is 5.32 Å². The maximum atomic E-state index is 12.0. The first kappa shape index (κ1) is 16.3. The van der Waals surface area contributed by atoms with Crippen LogP contribution in [0, 0.1) is 0 Å². The summed E-state index contributed by atoms with van der Waals surface area (Å²) >= 11 is 2.74. The van der Waals surface area contributed by atoms with Crippen molar-refractivity contribution < 1.29 is 9.59 Å². The second kappa shape index (κ2) is 7.33. The molecule has 0 spiro atoms. The van der Waals surface area contributed by atoms with Crippen molar-refractivity contribution in [3.63, 3.8) is 0 Å². The van der Waals surface area contributed by atoms with Crippen LogP contribution in [0.15, 0.2) is 53.9 Å². The quantitative estimate of drug-likeness (QED) is 0.532. The lowest BCUT2D eigenvalue weighted by molar-refractivity contribution is -0.111. The molecule has 0 aliphatic carbocycles. The topological polar surface area (TPSA) is 59.1 Å². The van der Waals surface area contributed by atoms with Gasteiger partial charge in [0.25, 0.3) is 0 Å². The number of anilines is 1. The SMILES string of the molecule is CC(=O)c1sc(NC(=O)C=Cc2cccs2)nc1-c1ccccc1. The Balaban J connectivity index is 1.82. The number of thiophene rings is 1. The minimum absolute atomic E-state index is 0.0685. The Kier molecular flexibility index (Phi) is 4.98. The van der Waals surface area contributed by atoms with Crippen LogP contribution in [0.4, 0.5) is 5.13 Å². The monoisotopic (exact) mass is 354 g/mol. The van der Waals surface area contributed by atoms with Gasteiger partial charge >= 0.3 is 0 Å². The summed E-state index contributed by atoms with van der Waals surface area (Å²) < 4.78 is 0. The van der Waals surface area contributed by atoms with Gasteiger partial charge in [0.1, 0.15) is 0 Å². The maximum absolute atomic E-state index is 12.0. The summed E-state index contributed by atoms with van der Waals surface area (Å²) in [5.41, 5.74) is 1.46. The van der Waals surface area contributed by atoms with E-state index in [-0.39, 0.29) is 11.7 Å². The van der Waals surface area contributed by atoms with E-state index >= 15 is 0 Å². The second-order valence-electron chi connectivity index (χ2n) is 4.96. The third-order valence-electron chi connectivity index (χ3n) is 3.17. The smallest absolute Gasteiger partial charge is 0.250 e. The van der Waals surface area contributed by atoms with Crippen LogP contribution in [0.2, 0.25) is 0 Å². The minimum Gasteiger partial charge on any atom is -0.298 e. The van der Waals surface area contributed by atoms with Crippen LogP contribution in [0.3, 0.4) is 0 Å². The largest absolute Gasteiger partial charge is 0.298 e. The number of carbonyl (C=O) groups excluding carboxylic acids is 2. The van der Waals surface area contributed by atoms with Gasteiger partial charge in [-0.2, -0.15) is 0 Å². The predicted octanol–water partition coefficient (Wildman–Crippen LogP) is 4.73. The van der Waals surface area contributed by atoms with Crippen LogP contribution in [0.25, 0.3) is 17.3 Å². The number of nitrogens with zero attached hydrogens (tertiary/aromatic N) is 1. The summed E-state index contributed by atoms with van der Waals surface area (Å²) in [6, 6.07) is 13.3. The molecule has 0 bridgehead atoms. The molecule has 4 nitrogen and oxygen atoms in total. The first-order valence-electron chi connectivity index (χ1n) is 7.23. The summed E-state index contributed by atoms with van der Waals surface area (Å²) in [6.45, 7) is 1.50. The van der Waals surface area contributed by atoms with E-state index in [1.54, 1.807) is 17.4 Å². The Hall–Kier alpha value is -2.57. The number of ketones is 1. The molecule has 0 fully saturated rings. The molecule has 24 heavy (non-hydrogen) atoms. The fourth-order valence-corrected chi connectivity index (χ4v) is 3.60. The highest BCUT2D eigenvalue weighted by Crippen LogP contribution is 2.31. The number of hydrogen-bond donors (Lipinski definition) is 1. The van der Waals surface area contributed by atoms with Gasteiger partial charge in [0.2, 0.25) is 5.91 Å². The first-order chi connectivity index (χ1) is 11.6. The Morgan fingerprint density at radius 2 is 1.92 bits per heavy atom. The number of benzene rings is 1. The van der Waals surface area contributed by atoms with Crippen molar-refractivity contribution >= 4 is 45.6 Å². The van der Waals surface area contributed by atoms with E-state index in [0.717, 1.165) is 10.4 Å². The molecule has 0 aliphatic rings. The number of Topliss-reactive ketones (excluding diaryl/α,β-unsaturated/α-hetero) is 1. The summed E-state index contributed by atoms with van der Waals surface area (Å²) in [5.74, 6) is -0.340. The standard InChI is InChI=1S/C18H14N2O2S2/c1-12(21)17-16(13-6-3-2-4-7-13)20-18(24-17)19-15(22)10-9-14-8-5-11-23-14/h2-11H,1H3,(H,19,20,22). The molecule has 3 rings (SSSR count). The average molecular weight is 354 g/mol. The predicted molar refractivity (Wildman–Crippen MR) is 99.5 cm³/mol. The van der Waals surface area contributed by atoms with Gasteiger partial charge in [-0.05, 0) is 17.5 Å². The molecule has 6 heteroatoms. The molecule has 3 aromatic rings. The lowest BCUT2D eigenvalue weighted by Gasteiger charge is -1.98. The normalized spacial score (nSPS) is 10.9. The Morgan fingerprint density at radius 1 is 1.12 bits per heavy atom. The zero-order chi connectivity index (χ0) is 16.9. The van der Waals surface area contributed by atoms with E-state index in [1.807, 2.05) is 47.8 Å². The Bertz CT molecular complexity index is 881. The van der Waals surface area contributed by atoms with Crippen LogP contribution >= 0.6 is 22.7 Å². The number of nitrogens with one attached hydrogen (secondary N) is 1. The molecule has 1 amide bonds. The Morgan fingerprint density at radius 3 is 2.58 bits per heavy atom. The molecule has 0 aliphatic heterocycles. The van der Waals surface area contributed by atoms with Gasteiger partial charge in [0.05, 0.1) is 10.6 Å². The summed E-state index contributed by atoms with van der Waals surface area (Å²) in [7, 11) is 0. The number of carbonyl (C=O) groups is 2. The van der Waals surface area contributed by atoms with Crippen molar-refractivity contribution in [2.75, 3.05) is 5.32 Å². The van der Waals surface area contributed by atoms with Crippen molar-refractivity contribution in [2.24, 2.45) is 0 Å². The van der Waals surface area contributed by atoms with Crippen molar-refractivity contribution in [1.29, 1.82) is 0 Å². The molecule has 0 saturated heterocycles. The highest BCUT2D eigenvalue weighted by atomic mass is 32.1. The van der Waals surface area contributed by atoms with Gasteiger partial charge in [-0.3, -0.25) is 14.9 Å².